The van der Waals surface area contributed by atoms with E-state index >= 15 is 0 Å². The van der Waals surface area contributed by atoms with E-state index in [-0.39, 0.29) is 17.9 Å². The molecule has 2 aliphatic rings. The van der Waals surface area contributed by atoms with E-state index in [4.69, 9.17) is 4.74 Å². The van der Waals surface area contributed by atoms with Crippen LogP contribution >= 0.6 is 0 Å². The van der Waals surface area contributed by atoms with Gasteiger partial charge in [0, 0.05) is 6.54 Å². The SMILES string of the molecule is CCCS(=O)(=O)N1CCOC2CC21. The topological polar surface area (TPSA) is 46.6 Å². The summed E-state index contributed by atoms with van der Waals surface area (Å²) in [5.74, 6) is 0.274. The molecule has 4 nitrogen and oxygen atoms in total. The van der Waals surface area contributed by atoms with Crippen LogP contribution in [0.25, 0.3) is 0 Å². The van der Waals surface area contributed by atoms with Gasteiger partial charge >= 0.3 is 0 Å². The molecule has 0 radical (unpaired) electrons. The third-order valence-electron chi connectivity index (χ3n) is 2.53. The van der Waals surface area contributed by atoms with E-state index in [1.807, 2.05) is 6.92 Å². The first-order valence-electron chi connectivity index (χ1n) is 4.76. The van der Waals surface area contributed by atoms with E-state index in [0.717, 1.165) is 6.42 Å². The summed E-state index contributed by atoms with van der Waals surface area (Å²) in [5, 5.41) is 0. The summed E-state index contributed by atoms with van der Waals surface area (Å²) in [5.41, 5.74) is 0. The molecule has 1 heterocycles. The molecule has 1 aliphatic heterocycles. The van der Waals surface area contributed by atoms with Gasteiger partial charge in [-0.2, -0.15) is 4.31 Å². The second-order valence-corrected chi connectivity index (χ2v) is 5.68. The van der Waals surface area contributed by atoms with Gasteiger partial charge in [0.1, 0.15) is 0 Å². The van der Waals surface area contributed by atoms with Gasteiger partial charge in [0.05, 0.1) is 24.5 Å². The van der Waals surface area contributed by atoms with Crippen molar-refractivity contribution in [3.8, 4) is 0 Å². The Morgan fingerprint density at radius 3 is 3.00 bits per heavy atom. The Morgan fingerprint density at radius 2 is 2.31 bits per heavy atom. The third-order valence-corrected chi connectivity index (χ3v) is 4.62. The monoisotopic (exact) mass is 205 g/mol. The van der Waals surface area contributed by atoms with Crippen molar-refractivity contribution >= 4 is 10.0 Å². The van der Waals surface area contributed by atoms with Gasteiger partial charge in [-0.3, -0.25) is 0 Å². The first-order chi connectivity index (χ1) is 6.15. The Balaban J connectivity index is 2.07. The number of morpholine rings is 1. The molecular weight excluding hydrogens is 190 g/mol. The molecule has 0 amide bonds. The van der Waals surface area contributed by atoms with Crippen LogP contribution < -0.4 is 0 Å². The second-order valence-electron chi connectivity index (χ2n) is 3.64. The molecule has 0 spiro atoms. The maximum atomic E-state index is 11.7. The molecule has 1 aliphatic carbocycles. The normalized spacial score (nSPS) is 34.2. The van der Waals surface area contributed by atoms with Gasteiger partial charge < -0.3 is 4.74 Å². The maximum absolute atomic E-state index is 11.7. The Morgan fingerprint density at radius 1 is 1.54 bits per heavy atom. The molecule has 0 aromatic carbocycles. The highest BCUT2D eigenvalue weighted by Crippen LogP contribution is 2.36. The largest absolute Gasteiger partial charge is 0.375 e. The Hall–Kier alpha value is -0.130. The van der Waals surface area contributed by atoms with Gasteiger partial charge in [-0.05, 0) is 12.8 Å². The minimum Gasteiger partial charge on any atom is -0.375 e. The number of rotatable bonds is 3. The van der Waals surface area contributed by atoms with Crippen molar-refractivity contribution in [2.75, 3.05) is 18.9 Å². The minimum absolute atomic E-state index is 0.158. The highest BCUT2D eigenvalue weighted by molar-refractivity contribution is 7.89. The van der Waals surface area contributed by atoms with Crippen molar-refractivity contribution in [2.45, 2.75) is 31.9 Å². The third kappa shape index (κ3) is 1.73. The van der Waals surface area contributed by atoms with Crippen LogP contribution in [0.1, 0.15) is 19.8 Å². The summed E-state index contributed by atoms with van der Waals surface area (Å²) in [6, 6.07) is 0.158. The molecule has 1 saturated carbocycles. The van der Waals surface area contributed by atoms with E-state index in [9.17, 15) is 8.42 Å². The quantitative estimate of drug-likeness (QED) is 0.661. The molecule has 0 N–H and O–H groups in total. The van der Waals surface area contributed by atoms with Gasteiger partial charge in [-0.15, -0.1) is 0 Å². The Bertz CT molecular complexity index is 288. The molecule has 2 rings (SSSR count). The number of fused-ring (bicyclic) bond motifs is 1. The summed E-state index contributed by atoms with van der Waals surface area (Å²) in [4.78, 5) is 0. The fourth-order valence-electron chi connectivity index (χ4n) is 1.82. The summed E-state index contributed by atoms with van der Waals surface area (Å²) >= 11 is 0. The first kappa shape index (κ1) is 9.43. The van der Waals surface area contributed by atoms with Crippen molar-refractivity contribution in [1.82, 2.24) is 4.31 Å². The molecule has 0 aromatic heterocycles. The van der Waals surface area contributed by atoms with Crippen molar-refractivity contribution < 1.29 is 13.2 Å². The summed E-state index contributed by atoms with van der Waals surface area (Å²) in [7, 11) is -2.99. The summed E-state index contributed by atoms with van der Waals surface area (Å²) < 4.78 is 30.4. The molecule has 1 saturated heterocycles. The molecule has 76 valence electrons. The van der Waals surface area contributed by atoms with Crippen molar-refractivity contribution in [2.24, 2.45) is 0 Å². The van der Waals surface area contributed by atoms with E-state index < -0.39 is 10.0 Å². The standard InChI is InChI=1S/C8H15NO3S/c1-2-5-13(10,11)9-3-4-12-8-6-7(8)9/h7-8H,2-6H2,1H3. The van der Waals surface area contributed by atoms with Crippen LogP contribution in [-0.4, -0.2) is 43.8 Å². The fraction of sp³-hybridized carbons (Fsp3) is 1.00. The minimum atomic E-state index is -2.99. The van der Waals surface area contributed by atoms with Crippen LogP contribution in [0.2, 0.25) is 0 Å². The van der Waals surface area contributed by atoms with E-state index in [1.54, 1.807) is 4.31 Å². The Labute approximate surface area is 78.9 Å². The molecule has 2 atom stereocenters. The molecule has 2 unspecified atom stereocenters. The average molecular weight is 205 g/mol. The number of nitrogens with zero attached hydrogens (tertiary/aromatic N) is 1. The number of sulfonamides is 1. The molecular formula is C8H15NO3S. The zero-order chi connectivity index (χ0) is 9.47. The molecule has 0 aromatic rings. The average Bonchev–Trinajstić information content (AvgIpc) is 2.80. The van der Waals surface area contributed by atoms with Crippen molar-refractivity contribution in [3.05, 3.63) is 0 Å². The van der Waals surface area contributed by atoms with E-state index in [1.165, 1.54) is 0 Å². The van der Waals surface area contributed by atoms with E-state index in [2.05, 4.69) is 0 Å². The lowest BCUT2D eigenvalue weighted by Crippen LogP contribution is -2.42. The van der Waals surface area contributed by atoms with E-state index in [0.29, 0.717) is 19.6 Å². The van der Waals surface area contributed by atoms with Gasteiger partial charge in [0.15, 0.2) is 0 Å². The van der Waals surface area contributed by atoms with Crippen LogP contribution in [0.5, 0.6) is 0 Å². The zero-order valence-electron chi connectivity index (χ0n) is 7.77. The van der Waals surface area contributed by atoms with Crippen LogP contribution in [0.4, 0.5) is 0 Å². The number of hydrogen-bond acceptors (Lipinski definition) is 3. The van der Waals surface area contributed by atoms with Gasteiger partial charge in [-0.1, -0.05) is 6.92 Å². The van der Waals surface area contributed by atoms with Gasteiger partial charge in [0.25, 0.3) is 0 Å². The molecule has 5 heteroatoms. The van der Waals surface area contributed by atoms with Crippen LogP contribution in [-0.2, 0) is 14.8 Å². The molecule has 13 heavy (non-hydrogen) atoms. The zero-order valence-corrected chi connectivity index (χ0v) is 8.59. The van der Waals surface area contributed by atoms with Crippen molar-refractivity contribution in [1.29, 1.82) is 0 Å². The first-order valence-corrected chi connectivity index (χ1v) is 6.37. The van der Waals surface area contributed by atoms with Crippen LogP contribution in [0.15, 0.2) is 0 Å². The maximum Gasteiger partial charge on any atom is 0.214 e. The molecule has 2 fully saturated rings. The Kier molecular flexibility index (Phi) is 2.33. The lowest BCUT2D eigenvalue weighted by molar-refractivity contribution is 0.0624. The number of hydrogen-bond donors (Lipinski definition) is 0. The smallest absolute Gasteiger partial charge is 0.214 e. The van der Waals surface area contributed by atoms with Gasteiger partial charge in [0.2, 0.25) is 10.0 Å². The van der Waals surface area contributed by atoms with Crippen LogP contribution in [0, 0.1) is 0 Å². The second kappa shape index (κ2) is 3.22. The van der Waals surface area contributed by atoms with Crippen LogP contribution in [0.3, 0.4) is 0 Å². The number of ether oxygens (including phenoxy) is 1. The predicted molar refractivity (Wildman–Crippen MR) is 48.9 cm³/mol. The lowest BCUT2D eigenvalue weighted by atomic mass is 10.5. The highest BCUT2D eigenvalue weighted by Gasteiger charge is 2.49. The summed E-state index contributed by atoms with van der Waals surface area (Å²) in [6.07, 6.45) is 1.78. The molecule has 0 bridgehead atoms. The predicted octanol–water partition coefficient (Wildman–Crippen LogP) is 0.199. The fourth-order valence-corrected chi connectivity index (χ4v) is 3.56. The van der Waals surface area contributed by atoms with Crippen molar-refractivity contribution in [3.63, 3.8) is 0 Å². The lowest BCUT2D eigenvalue weighted by Gasteiger charge is -2.25. The van der Waals surface area contributed by atoms with Gasteiger partial charge in [-0.25, -0.2) is 8.42 Å². The summed E-state index contributed by atoms with van der Waals surface area (Å²) in [6.45, 7) is 3.00. The highest BCUT2D eigenvalue weighted by atomic mass is 32.2.